The highest BCUT2D eigenvalue weighted by molar-refractivity contribution is 5.77. The van der Waals surface area contributed by atoms with Gasteiger partial charge in [0.25, 0.3) is 0 Å². The minimum atomic E-state index is -0.780. The summed E-state index contributed by atoms with van der Waals surface area (Å²) in [4.78, 5) is 26.3. The molecule has 66 heavy (non-hydrogen) atoms. The summed E-state index contributed by atoms with van der Waals surface area (Å²) < 4.78 is 5.98. The maximum absolute atomic E-state index is 13.3. The van der Waals surface area contributed by atoms with Gasteiger partial charge in [0.2, 0.25) is 5.91 Å². The summed E-state index contributed by atoms with van der Waals surface area (Å²) >= 11 is 0. The van der Waals surface area contributed by atoms with Crippen molar-refractivity contribution in [3.8, 4) is 0 Å². The Balaban J connectivity index is 4.48. The lowest BCUT2D eigenvalue weighted by atomic mass is 10.0. The van der Waals surface area contributed by atoms with Gasteiger partial charge in [-0.1, -0.05) is 310 Å². The first-order chi connectivity index (χ1) is 32.5. The molecular weight excluding hydrogens is 815 g/mol. The van der Waals surface area contributed by atoms with Crippen LogP contribution in [-0.4, -0.2) is 46.9 Å². The van der Waals surface area contributed by atoms with E-state index in [0.717, 1.165) is 38.5 Å². The molecule has 1 amide bonds. The molecule has 0 rings (SSSR count). The van der Waals surface area contributed by atoms with Gasteiger partial charge in [-0.15, -0.1) is 0 Å². The molecule has 3 unspecified atom stereocenters. The van der Waals surface area contributed by atoms with Gasteiger partial charge in [0.15, 0.2) is 0 Å². The highest BCUT2D eigenvalue weighted by Crippen LogP contribution is 2.20. The van der Waals surface area contributed by atoms with Gasteiger partial charge in [-0.05, 0) is 25.7 Å². The van der Waals surface area contributed by atoms with Crippen LogP contribution in [0.3, 0.4) is 0 Å². The molecule has 0 saturated carbocycles. The molecule has 0 spiro atoms. The molecule has 6 nitrogen and oxygen atoms in total. The number of aliphatic hydroxyl groups is 2. The number of amides is 1. The zero-order chi connectivity index (χ0) is 48.1. The Kier molecular flexibility index (Phi) is 53.8. The lowest BCUT2D eigenvalue weighted by molar-refractivity contribution is -0.151. The van der Waals surface area contributed by atoms with Crippen LogP contribution in [0.2, 0.25) is 0 Å². The second-order valence-corrected chi connectivity index (χ2v) is 21.1. The van der Waals surface area contributed by atoms with E-state index in [1.807, 2.05) is 0 Å². The summed E-state index contributed by atoms with van der Waals surface area (Å²) in [5.41, 5.74) is 0. The van der Waals surface area contributed by atoms with Crippen LogP contribution in [0.25, 0.3) is 0 Å². The normalized spacial score (nSPS) is 13.0. The summed E-state index contributed by atoms with van der Waals surface area (Å²) in [5, 5.41) is 23.9. The van der Waals surface area contributed by atoms with Crippen LogP contribution in [0.4, 0.5) is 0 Å². The number of hydrogen-bond donors (Lipinski definition) is 3. The molecule has 6 heteroatoms. The first kappa shape index (κ1) is 64.9. The van der Waals surface area contributed by atoms with Gasteiger partial charge in [0, 0.05) is 6.42 Å². The Bertz CT molecular complexity index is 959. The fraction of sp³-hybridized carbons (Fsp3) is 0.967. The van der Waals surface area contributed by atoms with Gasteiger partial charge in [0.1, 0.15) is 6.10 Å². The van der Waals surface area contributed by atoms with Gasteiger partial charge in [-0.2, -0.15) is 0 Å². The molecule has 0 aromatic carbocycles. The van der Waals surface area contributed by atoms with Crippen molar-refractivity contribution in [1.82, 2.24) is 5.32 Å². The fourth-order valence-corrected chi connectivity index (χ4v) is 9.85. The average molecular weight is 935 g/mol. The standard InChI is InChI=1S/C60H119NO5/c1-4-7-10-13-16-19-22-25-27-29-31-34-36-39-42-45-48-51-56(66-60(65)53-50-47-44-41-38-35-32-30-28-26-23-20-17-14-11-8-5-2)54-59(64)61-57(55-62)58(63)52-49-46-43-40-37-33-24-21-18-15-12-9-6-3/h56-58,62-63H,4-55H2,1-3H3,(H,61,64). The average Bonchev–Trinajstić information content (AvgIpc) is 3.31. The van der Waals surface area contributed by atoms with Gasteiger partial charge in [0.05, 0.1) is 25.2 Å². The molecule has 0 aromatic rings. The summed E-state index contributed by atoms with van der Waals surface area (Å²) in [7, 11) is 0. The Morgan fingerprint density at radius 3 is 0.924 bits per heavy atom. The number of unbranched alkanes of at least 4 members (excludes halogenated alkanes) is 44. The number of aliphatic hydroxyl groups excluding tert-OH is 2. The second kappa shape index (κ2) is 54.8. The molecule has 0 bridgehead atoms. The SMILES string of the molecule is CCCCCCCCCCCCCCCCCCCC(=O)OC(CCCCCCCCCCCCCCCCCCC)CC(=O)NC(CO)C(O)CCCCCCCCCCCCCCC. The topological polar surface area (TPSA) is 95.9 Å². The maximum atomic E-state index is 13.3. The van der Waals surface area contributed by atoms with Crippen molar-refractivity contribution >= 4 is 11.9 Å². The summed E-state index contributed by atoms with van der Waals surface area (Å²) in [6.45, 7) is 6.54. The van der Waals surface area contributed by atoms with Crippen molar-refractivity contribution in [2.24, 2.45) is 0 Å². The first-order valence-electron chi connectivity index (χ1n) is 30.3. The molecule has 0 heterocycles. The van der Waals surface area contributed by atoms with E-state index in [9.17, 15) is 19.8 Å². The molecule has 394 valence electrons. The van der Waals surface area contributed by atoms with Crippen molar-refractivity contribution < 1.29 is 24.5 Å². The number of esters is 1. The van der Waals surface area contributed by atoms with Crippen molar-refractivity contribution in [3.63, 3.8) is 0 Å². The Morgan fingerprint density at radius 1 is 0.379 bits per heavy atom. The molecule has 3 atom stereocenters. The first-order valence-corrected chi connectivity index (χ1v) is 30.3. The van der Waals surface area contributed by atoms with E-state index in [2.05, 4.69) is 26.1 Å². The number of hydrogen-bond acceptors (Lipinski definition) is 5. The van der Waals surface area contributed by atoms with E-state index in [0.29, 0.717) is 19.3 Å². The van der Waals surface area contributed by atoms with Crippen LogP contribution >= 0.6 is 0 Å². The minimum Gasteiger partial charge on any atom is -0.462 e. The molecule has 0 saturated heterocycles. The van der Waals surface area contributed by atoms with Crippen molar-refractivity contribution in [3.05, 3.63) is 0 Å². The predicted octanol–water partition coefficient (Wildman–Crippen LogP) is 18.7. The summed E-state index contributed by atoms with van der Waals surface area (Å²) in [5.74, 6) is -0.442. The van der Waals surface area contributed by atoms with Crippen molar-refractivity contribution in [1.29, 1.82) is 0 Å². The summed E-state index contributed by atoms with van der Waals surface area (Å²) in [6.07, 6.45) is 61.7. The number of rotatable bonds is 56. The van der Waals surface area contributed by atoms with Crippen LogP contribution in [0.15, 0.2) is 0 Å². The van der Waals surface area contributed by atoms with E-state index in [-0.39, 0.29) is 24.9 Å². The predicted molar refractivity (Wildman–Crippen MR) is 287 cm³/mol. The van der Waals surface area contributed by atoms with Gasteiger partial charge in [-0.3, -0.25) is 9.59 Å². The fourth-order valence-electron chi connectivity index (χ4n) is 9.85. The Hall–Kier alpha value is -1.14. The van der Waals surface area contributed by atoms with Crippen molar-refractivity contribution in [2.45, 2.75) is 366 Å². The van der Waals surface area contributed by atoms with E-state index < -0.39 is 18.2 Å². The molecule has 0 radical (unpaired) electrons. The van der Waals surface area contributed by atoms with Crippen LogP contribution in [-0.2, 0) is 14.3 Å². The Morgan fingerprint density at radius 2 is 0.636 bits per heavy atom. The molecule has 0 fully saturated rings. The maximum Gasteiger partial charge on any atom is 0.306 e. The monoisotopic (exact) mass is 934 g/mol. The molecular formula is C60H119NO5. The highest BCUT2D eigenvalue weighted by atomic mass is 16.5. The lowest BCUT2D eigenvalue weighted by Gasteiger charge is -2.24. The number of carbonyl (C=O) groups is 2. The third kappa shape index (κ3) is 49.3. The van der Waals surface area contributed by atoms with E-state index >= 15 is 0 Å². The van der Waals surface area contributed by atoms with Crippen molar-refractivity contribution in [2.75, 3.05) is 6.61 Å². The zero-order valence-electron chi connectivity index (χ0n) is 45.1. The lowest BCUT2D eigenvalue weighted by Crippen LogP contribution is -2.46. The van der Waals surface area contributed by atoms with Gasteiger partial charge in [-0.25, -0.2) is 0 Å². The van der Waals surface area contributed by atoms with Crippen LogP contribution in [0.5, 0.6) is 0 Å². The Labute approximate surface area is 413 Å². The molecule has 0 aliphatic rings. The second-order valence-electron chi connectivity index (χ2n) is 21.1. The van der Waals surface area contributed by atoms with Gasteiger partial charge >= 0.3 is 5.97 Å². The number of nitrogens with one attached hydrogen (secondary N) is 1. The quantitative estimate of drug-likeness (QED) is 0.0417. The number of carbonyl (C=O) groups excluding carboxylic acids is 2. The van der Waals surface area contributed by atoms with Crippen LogP contribution in [0.1, 0.15) is 348 Å². The van der Waals surface area contributed by atoms with E-state index in [1.54, 1.807) is 0 Å². The van der Waals surface area contributed by atoms with Crippen LogP contribution < -0.4 is 5.32 Å². The molecule has 3 N–H and O–H groups in total. The molecule has 0 aliphatic carbocycles. The number of ether oxygens (including phenoxy) is 1. The third-order valence-electron chi connectivity index (χ3n) is 14.4. The summed E-state index contributed by atoms with van der Waals surface area (Å²) in [6, 6.07) is -0.693. The third-order valence-corrected chi connectivity index (χ3v) is 14.4. The largest absolute Gasteiger partial charge is 0.462 e. The highest BCUT2D eigenvalue weighted by Gasteiger charge is 2.24. The van der Waals surface area contributed by atoms with Crippen LogP contribution in [0, 0.1) is 0 Å². The van der Waals surface area contributed by atoms with Gasteiger partial charge < -0.3 is 20.3 Å². The van der Waals surface area contributed by atoms with E-state index in [4.69, 9.17) is 4.74 Å². The smallest absolute Gasteiger partial charge is 0.306 e. The minimum absolute atomic E-state index is 0.0889. The molecule has 0 aromatic heterocycles. The molecule has 0 aliphatic heterocycles. The van der Waals surface area contributed by atoms with E-state index in [1.165, 1.54) is 263 Å². The zero-order valence-corrected chi connectivity index (χ0v) is 45.1.